The topological polar surface area (TPSA) is 84.9 Å². The molecule has 2 aromatic rings. The molecular formula is C21H18Cl2N2O5. The molecule has 0 aromatic heterocycles. The Morgan fingerprint density at radius 3 is 2.47 bits per heavy atom. The molecule has 0 saturated heterocycles. The number of nitrogens with one attached hydrogen (secondary N) is 1. The highest BCUT2D eigenvalue weighted by molar-refractivity contribution is 6.53. The van der Waals surface area contributed by atoms with Crippen molar-refractivity contribution in [2.75, 3.05) is 17.3 Å². The van der Waals surface area contributed by atoms with Gasteiger partial charge in [0.1, 0.15) is 16.5 Å². The van der Waals surface area contributed by atoms with Crippen molar-refractivity contribution in [3.63, 3.8) is 0 Å². The number of anilines is 2. The van der Waals surface area contributed by atoms with E-state index in [4.69, 9.17) is 32.7 Å². The summed E-state index contributed by atoms with van der Waals surface area (Å²) in [7, 11) is 1.41. The monoisotopic (exact) mass is 448 g/mol. The van der Waals surface area contributed by atoms with E-state index in [-0.39, 0.29) is 33.8 Å². The zero-order chi connectivity index (χ0) is 22.0. The van der Waals surface area contributed by atoms with Crippen molar-refractivity contribution in [1.29, 1.82) is 0 Å². The molecule has 0 fully saturated rings. The van der Waals surface area contributed by atoms with E-state index in [9.17, 15) is 14.4 Å². The molecule has 30 heavy (non-hydrogen) atoms. The van der Waals surface area contributed by atoms with Gasteiger partial charge in [-0.1, -0.05) is 29.3 Å². The number of ether oxygens (including phenoxy) is 2. The molecule has 0 spiro atoms. The van der Waals surface area contributed by atoms with E-state index in [1.807, 2.05) is 0 Å². The van der Waals surface area contributed by atoms with Gasteiger partial charge in [-0.3, -0.25) is 9.59 Å². The molecule has 0 unspecified atom stereocenters. The van der Waals surface area contributed by atoms with Crippen LogP contribution in [0.5, 0.6) is 5.75 Å². The van der Waals surface area contributed by atoms with Crippen LogP contribution in [0, 0.1) is 0 Å². The second-order valence-corrected chi connectivity index (χ2v) is 7.43. The van der Waals surface area contributed by atoms with Crippen molar-refractivity contribution < 1.29 is 23.9 Å². The number of halogens is 2. The van der Waals surface area contributed by atoms with Crippen molar-refractivity contribution >= 4 is 52.4 Å². The van der Waals surface area contributed by atoms with Gasteiger partial charge in [0.2, 0.25) is 0 Å². The van der Waals surface area contributed by atoms with E-state index in [2.05, 4.69) is 5.32 Å². The van der Waals surface area contributed by atoms with Crippen LogP contribution in [0.2, 0.25) is 5.02 Å². The van der Waals surface area contributed by atoms with Crippen LogP contribution in [0.1, 0.15) is 24.2 Å². The summed E-state index contributed by atoms with van der Waals surface area (Å²) in [6.45, 7) is 3.48. The fourth-order valence-corrected chi connectivity index (χ4v) is 3.20. The van der Waals surface area contributed by atoms with Crippen LogP contribution in [-0.4, -0.2) is 31.0 Å². The first-order valence-electron chi connectivity index (χ1n) is 8.93. The fourth-order valence-electron chi connectivity index (χ4n) is 2.82. The average molecular weight is 449 g/mol. The summed E-state index contributed by atoms with van der Waals surface area (Å²) in [4.78, 5) is 38.7. The maximum absolute atomic E-state index is 13.0. The summed E-state index contributed by atoms with van der Waals surface area (Å²) in [5, 5.41) is 2.85. The van der Waals surface area contributed by atoms with Crippen LogP contribution in [0.4, 0.5) is 11.4 Å². The lowest BCUT2D eigenvalue weighted by Gasteiger charge is -2.18. The Bertz CT molecular complexity index is 1070. The highest BCUT2D eigenvalue weighted by Crippen LogP contribution is 2.37. The first-order chi connectivity index (χ1) is 14.2. The molecule has 3 rings (SSSR count). The van der Waals surface area contributed by atoms with E-state index in [1.165, 1.54) is 19.2 Å². The molecule has 2 aromatic carbocycles. The van der Waals surface area contributed by atoms with Crippen LogP contribution in [0.15, 0.2) is 53.2 Å². The Balaban J connectivity index is 1.90. The Morgan fingerprint density at radius 2 is 1.80 bits per heavy atom. The summed E-state index contributed by atoms with van der Waals surface area (Å²) in [5.74, 6) is -1.63. The van der Waals surface area contributed by atoms with Gasteiger partial charge in [-0.25, -0.2) is 9.69 Å². The lowest BCUT2D eigenvalue weighted by molar-refractivity contribution is -0.120. The highest BCUT2D eigenvalue weighted by Gasteiger charge is 2.40. The number of nitrogens with zero attached hydrogens (tertiary/aromatic N) is 1. The van der Waals surface area contributed by atoms with Crippen molar-refractivity contribution in [1.82, 2.24) is 0 Å². The van der Waals surface area contributed by atoms with E-state index >= 15 is 0 Å². The standard InChI is InChI=1S/C21H18Cl2N2O5/c1-11(2)30-21(28)12-5-4-6-14(9-12)24-18-17(23)19(26)25(20(18)27)15-10-13(22)7-8-16(15)29-3/h4-11,24H,1-3H3. The number of benzene rings is 2. The Morgan fingerprint density at radius 1 is 1.07 bits per heavy atom. The van der Waals surface area contributed by atoms with Crippen LogP contribution in [0.25, 0.3) is 0 Å². The van der Waals surface area contributed by atoms with E-state index in [0.29, 0.717) is 10.7 Å². The number of methoxy groups -OCH3 is 1. The number of rotatable bonds is 6. The van der Waals surface area contributed by atoms with Crippen LogP contribution < -0.4 is 15.0 Å². The molecule has 1 aliphatic rings. The minimum Gasteiger partial charge on any atom is -0.495 e. The number of hydrogen-bond donors (Lipinski definition) is 1. The largest absolute Gasteiger partial charge is 0.495 e. The minimum atomic E-state index is -0.722. The SMILES string of the molecule is COc1ccc(Cl)cc1N1C(=O)C(Cl)=C(Nc2cccc(C(=O)OC(C)C)c2)C1=O. The van der Waals surface area contributed by atoms with Gasteiger partial charge in [0.05, 0.1) is 24.5 Å². The zero-order valence-electron chi connectivity index (χ0n) is 16.4. The van der Waals surface area contributed by atoms with Crippen LogP contribution in [-0.2, 0) is 14.3 Å². The van der Waals surface area contributed by atoms with Gasteiger partial charge >= 0.3 is 5.97 Å². The van der Waals surface area contributed by atoms with Crippen molar-refractivity contribution in [3.05, 3.63) is 63.8 Å². The second kappa shape index (κ2) is 8.77. The molecular weight excluding hydrogens is 431 g/mol. The second-order valence-electron chi connectivity index (χ2n) is 6.61. The minimum absolute atomic E-state index is 0.127. The maximum atomic E-state index is 13.0. The predicted molar refractivity (Wildman–Crippen MR) is 114 cm³/mol. The van der Waals surface area contributed by atoms with Gasteiger partial charge in [0, 0.05) is 10.7 Å². The van der Waals surface area contributed by atoms with Gasteiger partial charge in [-0.05, 0) is 50.2 Å². The molecule has 1 aliphatic heterocycles. The number of esters is 1. The van der Waals surface area contributed by atoms with Gasteiger partial charge < -0.3 is 14.8 Å². The van der Waals surface area contributed by atoms with Crippen molar-refractivity contribution in [2.24, 2.45) is 0 Å². The molecule has 0 atom stereocenters. The number of hydrogen-bond acceptors (Lipinski definition) is 6. The number of carbonyl (C=O) groups is 3. The summed E-state index contributed by atoms with van der Waals surface area (Å²) in [6, 6.07) is 10.9. The van der Waals surface area contributed by atoms with Crippen molar-refractivity contribution in [2.45, 2.75) is 20.0 Å². The van der Waals surface area contributed by atoms with Gasteiger partial charge in [-0.2, -0.15) is 0 Å². The van der Waals surface area contributed by atoms with E-state index in [1.54, 1.807) is 44.2 Å². The number of carbonyl (C=O) groups excluding carboxylic acids is 3. The fraction of sp³-hybridized carbons (Fsp3) is 0.190. The van der Waals surface area contributed by atoms with Gasteiger partial charge in [0.25, 0.3) is 11.8 Å². The first-order valence-corrected chi connectivity index (χ1v) is 9.68. The first kappa shape index (κ1) is 21.7. The number of imide groups is 1. The van der Waals surface area contributed by atoms with Crippen molar-refractivity contribution in [3.8, 4) is 5.75 Å². The van der Waals surface area contributed by atoms with Crippen LogP contribution >= 0.6 is 23.2 Å². The summed E-state index contributed by atoms with van der Waals surface area (Å²) >= 11 is 12.2. The number of amides is 2. The molecule has 0 bridgehead atoms. The molecule has 156 valence electrons. The van der Waals surface area contributed by atoms with Crippen LogP contribution in [0.3, 0.4) is 0 Å². The molecule has 0 aliphatic carbocycles. The molecule has 0 radical (unpaired) electrons. The Labute approximate surface area is 183 Å². The lowest BCUT2D eigenvalue weighted by atomic mass is 10.2. The molecule has 1 heterocycles. The predicted octanol–water partition coefficient (Wildman–Crippen LogP) is 4.35. The third-order valence-corrected chi connectivity index (χ3v) is 4.71. The molecule has 9 heteroatoms. The van der Waals surface area contributed by atoms with E-state index < -0.39 is 17.8 Å². The third-order valence-electron chi connectivity index (χ3n) is 4.12. The maximum Gasteiger partial charge on any atom is 0.338 e. The highest BCUT2D eigenvalue weighted by atomic mass is 35.5. The van der Waals surface area contributed by atoms with E-state index in [0.717, 1.165) is 4.90 Å². The summed E-state index contributed by atoms with van der Waals surface area (Å²) in [6.07, 6.45) is -0.276. The quantitative estimate of drug-likeness (QED) is 0.522. The summed E-state index contributed by atoms with van der Waals surface area (Å²) in [5.41, 5.74) is 0.722. The lowest BCUT2D eigenvalue weighted by Crippen LogP contribution is -2.32. The Kier molecular flexibility index (Phi) is 6.34. The van der Waals surface area contributed by atoms with Gasteiger partial charge in [0.15, 0.2) is 0 Å². The normalized spacial score (nSPS) is 13.9. The third kappa shape index (κ3) is 4.27. The van der Waals surface area contributed by atoms with Gasteiger partial charge in [-0.15, -0.1) is 0 Å². The zero-order valence-corrected chi connectivity index (χ0v) is 17.9. The Hall–Kier alpha value is -3.03. The molecule has 2 amide bonds. The molecule has 0 saturated carbocycles. The smallest absolute Gasteiger partial charge is 0.338 e. The summed E-state index contributed by atoms with van der Waals surface area (Å²) < 4.78 is 10.4. The molecule has 1 N–H and O–H groups in total. The average Bonchev–Trinajstić information content (AvgIpc) is 2.91. The molecule has 7 nitrogen and oxygen atoms in total.